The molecule has 2 rings (SSSR count). The van der Waals surface area contributed by atoms with Crippen LogP contribution in [0.1, 0.15) is 16.1 Å². The summed E-state index contributed by atoms with van der Waals surface area (Å²) < 4.78 is 54.5. The molecule has 0 bridgehead atoms. The molecule has 1 heterocycles. The quantitative estimate of drug-likeness (QED) is 0.489. The molecule has 2 aromatic rings. The van der Waals surface area contributed by atoms with Gasteiger partial charge in [-0.3, -0.25) is 4.79 Å². The van der Waals surface area contributed by atoms with Crippen LogP contribution in [0, 0.1) is 5.82 Å². The minimum Gasteiger partial charge on any atom is -0.349 e. The van der Waals surface area contributed by atoms with Crippen molar-refractivity contribution in [3.05, 3.63) is 57.1 Å². The number of amides is 1. The Labute approximate surface area is 161 Å². The number of aromatic nitrogens is 1. The summed E-state index contributed by atoms with van der Waals surface area (Å²) in [6.45, 7) is 3.55. The van der Waals surface area contributed by atoms with Crippen molar-refractivity contribution >= 4 is 40.7 Å². The van der Waals surface area contributed by atoms with Gasteiger partial charge in [0, 0.05) is 24.7 Å². The summed E-state index contributed by atoms with van der Waals surface area (Å²) in [6.07, 6.45) is -3.39. The Morgan fingerprint density at radius 1 is 1.31 bits per heavy atom. The highest BCUT2D eigenvalue weighted by molar-refractivity contribution is 6.40. The van der Waals surface area contributed by atoms with Gasteiger partial charge in [-0.25, -0.2) is 4.39 Å². The highest BCUT2D eigenvalue weighted by Gasteiger charge is 2.40. The van der Waals surface area contributed by atoms with Crippen LogP contribution in [0.25, 0.3) is 11.1 Å². The number of carbonyl (C=O) groups excluding carboxylic acids is 1. The van der Waals surface area contributed by atoms with E-state index in [4.69, 9.17) is 34.8 Å². The average molecular weight is 430 g/mol. The minimum atomic E-state index is -4.80. The van der Waals surface area contributed by atoms with Crippen LogP contribution >= 0.6 is 34.8 Å². The van der Waals surface area contributed by atoms with Gasteiger partial charge in [-0.1, -0.05) is 40.9 Å². The van der Waals surface area contributed by atoms with Crippen LogP contribution in [-0.2, 0) is 13.2 Å². The smallest absolute Gasteiger partial charge is 0.349 e. The first-order valence-corrected chi connectivity index (χ1v) is 8.13. The van der Waals surface area contributed by atoms with Gasteiger partial charge >= 0.3 is 6.18 Å². The van der Waals surface area contributed by atoms with E-state index in [1.807, 2.05) is 0 Å². The summed E-state index contributed by atoms with van der Waals surface area (Å²) >= 11 is 17.7. The summed E-state index contributed by atoms with van der Waals surface area (Å²) in [7, 11) is 1.05. The highest BCUT2D eigenvalue weighted by Crippen LogP contribution is 2.46. The molecule has 1 aromatic carbocycles. The molecule has 1 N–H and O–H groups in total. The fourth-order valence-corrected chi connectivity index (χ4v) is 3.33. The van der Waals surface area contributed by atoms with Gasteiger partial charge in [-0.15, -0.1) is 6.58 Å². The third kappa shape index (κ3) is 3.70. The lowest BCUT2D eigenvalue weighted by Gasteiger charge is -2.10. The summed E-state index contributed by atoms with van der Waals surface area (Å²) in [5, 5.41) is 1.02. The van der Waals surface area contributed by atoms with Gasteiger partial charge in [-0.05, 0) is 12.1 Å². The van der Waals surface area contributed by atoms with E-state index < -0.39 is 33.8 Å². The molecule has 3 nitrogen and oxygen atoms in total. The molecular formula is C16H11Cl3F4N2O. The van der Waals surface area contributed by atoms with E-state index in [1.165, 1.54) is 6.08 Å². The Hall–Kier alpha value is -1.70. The number of halogens is 7. The first-order chi connectivity index (χ1) is 12.0. The van der Waals surface area contributed by atoms with Crippen molar-refractivity contribution in [2.75, 3.05) is 6.54 Å². The maximum atomic E-state index is 14.4. The predicted molar refractivity (Wildman–Crippen MR) is 93.4 cm³/mol. The number of alkyl halides is 3. The summed E-state index contributed by atoms with van der Waals surface area (Å²) in [4.78, 5) is 12.1. The second-order valence-electron chi connectivity index (χ2n) is 5.20. The van der Waals surface area contributed by atoms with E-state index in [2.05, 4.69) is 11.9 Å². The molecule has 0 unspecified atom stereocenters. The molecule has 0 saturated heterocycles. The van der Waals surface area contributed by atoms with Gasteiger partial charge < -0.3 is 9.88 Å². The van der Waals surface area contributed by atoms with Gasteiger partial charge in [0.15, 0.2) is 0 Å². The molecule has 0 aliphatic rings. The van der Waals surface area contributed by atoms with E-state index in [9.17, 15) is 22.4 Å². The largest absolute Gasteiger partial charge is 0.432 e. The standard InChI is InChI=1S/C16H11Cl3F4N2O/c1-3-4-24-15(26)7-5-8(10(20)6-9(7)17)11-12(18)13(16(21,22)23)25(2)14(11)19/h3,5-6H,1,4H2,2H3,(H,24,26). The SMILES string of the molecule is C=CCNC(=O)c1cc(-c2c(Cl)c(C(F)(F)F)n(C)c2Cl)c(F)cc1Cl. The number of benzene rings is 1. The van der Waals surface area contributed by atoms with Gasteiger partial charge in [0.05, 0.1) is 15.6 Å². The molecule has 10 heteroatoms. The molecule has 0 fully saturated rings. The molecule has 0 atom stereocenters. The highest BCUT2D eigenvalue weighted by atomic mass is 35.5. The van der Waals surface area contributed by atoms with Crippen molar-refractivity contribution in [2.24, 2.45) is 7.05 Å². The van der Waals surface area contributed by atoms with E-state index >= 15 is 0 Å². The fraction of sp³-hybridized carbons (Fsp3) is 0.188. The van der Waals surface area contributed by atoms with Crippen molar-refractivity contribution in [2.45, 2.75) is 6.18 Å². The number of rotatable bonds is 4. The number of carbonyl (C=O) groups is 1. The third-order valence-corrected chi connectivity index (χ3v) is 4.63. The maximum Gasteiger partial charge on any atom is 0.432 e. The lowest BCUT2D eigenvalue weighted by atomic mass is 10.0. The molecule has 26 heavy (non-hydrogen) atoms. The first-order valence-electron chi connectivity index (χ1n) is 7.00. The number of nitrogens with zero attached hydrogens (tertiary/aromatic N) is 1. The minimum absolute atomic E-state index is 0.118. The Balaban J connectivity index is 2.70. The van der Waals surface area contributed by atoms with Crippen LogP contribution in [0.15, 0.2) is 24.8 Å². The Morgan fingerprint density at radius 3 is 2.42 bits per heavy atom. The molecule has 1 amide bonds. The van der Waals surface area contributed by atoms with Crippen LogP contribution in [0.4, 0.5) is 17.6 Å². The summed E-state index contributed by atoms with van der Waals surface area (Å²) in [5.74, 6) is -1.63. The van der Waals surface area contributed by atoms with Gasteiger partial charge in [0.25, 0.3) is 5.91 Å². The summed E-state index contributed by atoms with van der Waals surface area (Å²) in [6, 6.07) is 1.82. The molecular weight excluding hydrogens is 419 g/mol. The zero-order chi connectivity index (χ0) is 19.8. The summed E-state index contributed by atoms with van der Waals surface area (Å²) in [5.41, 5.74) is -2.13. The molecule has 0 aliphatic carbocycles. The zero-order valence-corrected chi connectivity index (χ0v) is 15.4. The Kier molecular flexibility index (Phi) is 5.95. The second kappa shape index (κ2) is 7.50. The topological polar surface area (TPSA) is 34.0 Å². The number of hydrogen-bond donors (Lipinski definition) is 1. The maximum absolute atomic E-state index is 14.4. The molecule has 0 spiro atoms. The van der Waals surface area contributed by atoms with E-state index in [1.54, 1.807) is 0 Å². The van der Waals surface area contributed by atoms with Crippen molar-refractivity contribution in [3.8, 4) is 11.1 Å². The van der Waals surface area contributed by atoms with E-state index in [-0.39, 0.29) is 28.3 Å². The number of hydrogen-bond acceptors (Lipinski definition) is 1. The van der Waals surface area contributed by atoms with Crippen molar-refractivity contribution < 1.29 is 22.4 Å². The average Bonchev–Trinajstić information content (AvgIpc) is 2.75. The van der Waals surface area contributed by atoms with Crippen LogP contribution in [0.5, 0.6) is 0 Å². The second-order valence-corrected chi connectivity index (χ2v) is 6.34. The van der Waals surface area contributed by atoms with Crippen molar-refractivity contribution in [3.63, 3.8) is 0 Å². The molecule has 0 saturated carbocycles. The van der Waals surface area contributed by atoms with Crippen LogP contribution in [0.2, 0.25) is 15.2 Å². The van der Waals surface area contributed by atoms with E-state index in [0.29, 0.717) is 4.57 Å². The number of nitrogens with one attached hydrogen (secondary N) is 1. The predicted octanol–water partition coefficient (Wildman–Crippen LogP) is 5.73. The lowest BCUT2D eigenvalue weighted by Crippen LogP contribution is -2.23. The van der Waals surface area contributed by atoms with Crippen molar-refractivity contribution in [1.82, 2.24) is 9.88 Å². The Morgan fingerprint density at radius 2 is 1.92 bits per heavy atom. The molecule has 140 valence electrons. The molecule has 1 aromatic heterocycles. The van der Waals surface area contributed by atoms with Gasteiger partial charge in [0.2, 0.25) is 0 Å². The van der Waals surface area contributed by atoms with Crippen LogP contribution < -0.4 is 5.32 Å². The lowest BCUT2D eigenvalue weighted by molar-refractivity contribution is -0.142. The first kappa shape index (κ1) is 20.6. The van der Waals surface area contributed by atoms with Crippen molar-refractivity contribution in [1.29, 1.82) is 0 Å². The zero-order valence-electron chi connectivity index (χ0n) is 13.1. The van der Waals surface area contributed by atoms with Crippen LogP contribution in [-0.4, -0.2) is 17.0 Å². The fourth-order valence-electron chi connectivity index (χ4n) is 2.34. The normalized spacial score (nSPS) is 11.5. The van der Waals surface area contributed by atoms with Crippen LogP contribution in [0.3, 0.4) is 0 Å². The third-order valence-electron chi connectivity index (χ3n) is 3.51. The van der Waals surface area contributed by atoms with E-state index in [0.717, 1.165) is 19.2 Å². The van der Waals surface area contributed by atoms with Gasteiger partial charge in [0.1, 0.15) is 16.7 Å². The monoisotopic (exact) mass is 428 g/mol. The van der Waals surface area contributed by atoms with Gasteiger partial charge in [-0.2, -0.15) is 13.2 Å². The Bertz CT molecular complexity index is 891. The molecule has 0 aliphatic heterocycles. The molecule has 0 radical (unpaired) electrons.